The van der Waals surface area contributed by atoms with Gasteiger partial charge in [-0.15, -0.1) is 0 Å². The molecule has 6 aromatic carbocycles. The normalized spacial score (nSPS) is 14.6. The highest BCUT2D eigenvalue weighted by molar-refractivity contribution is 7.80. The Morgan fingerprint density at radius 1 is 0.400 bits per heavy atom. The van der Waals surface area contributed by atoms with Gasteiger partial charge in [0.2, 0.25) is 0 Å². The molecule has 1 spiro atoms. The number of benzene rings is 6. The quantitative estimate of drug-likeness (QED) is 0.201. The zero-order chi connectivity index (χ0) is 30.4. The van der Waals surface area contributed by atoms with Gasteiger partial charge in [0.05, 0.1) is 0 Å². The second-order valence-electron chi connectivity index (χ2n) is 12.0. The molecule has 8 rings (SSSR count). The molecule has 6 aromatic rings. The summed E-state index contributed by atoms with van der Waals surface area (Å²) in [5.41, 5.74) is 4.08. The van der Waals surface area contributed by atoms with Crippen molar-refractivity contribution in [2.45, 2.75) is 31.1 Å². The van der Waals surface area contributed by atoms with Crippen LogP contribution < -0.4 is 31.8 Å². The summed E-state index contributed by atoms with van der Waals surface area (Å²) in [7, 11) is -1.93. The Labute approximate surface area is 267 Å². The zero-order valence-corrected chi connectivity index (χ0v) is 26.8. The first kappa shape index (κ1) is 28.3. The molecule has 0 fully saturated rings. The van der Waals surface area contributed by atoms with Crippen molar-refractivity contribution in [1.82, 2.24) is 0 Å². The second kappa shape index (κ2) is 11.6. The summed E-state index contributed by atoms with van der Waals surface area (Å²) in [5, 5.41) is 31.7. The van der Waals surface area contributed by atoms with Gasteiger partial charge in [-0.05, 0) is 86.0 Å². The minimum Gasteiger partial charge on any atom is -0.507 e. The maximum Gasteiger partial charge on any atom is 0.128 e. The topological polar surface area (TPSA) is 40.5 Å². The summed E-state index contributed by atoms with van der Waals surface area (Å²) < 4.78 is 0. The number of phenols is 2. The summed E-state index contributed by atoms with van der Waals surface area (Å²) in [4.78, 5) is 0. The first-order chi connectivity index (χ1) is 22.2. The molecule has 220 valence electrons. The van der Waals surface area contributed by atoms with Gasteiger partial charge in [0.1, 0.15) is 11.5 Å². The summed E-state index contributed by atoms with van der Waals surface area (Å²) in [6.07, 6.45) is 3.58. The Morgan fingerprint density at radius 2 is 0.711 bits per heavy atom. The molecule has 0 aliphatic heterocycles. The maximum atomic E-state index is 12.4. The van der Waals surface area contributed by atoms with Crippen molar-refractivity contribution in [2.75, 3.05) is 0 Å². The number of aromatic hydroxyl groups is 2. The number of hydrogen-bond donors (Lipinski definition) is 2. The van der Waals surface area contributed by atoms with E-state index >= 15 is 0 Å². The third-order valence-electron chi connectivity index (χ3n) is 9.62. The van der Waals surface area contributed by atoms with Crippen LogP contribution in [0.5, 0.6) is 11.5 Å². The van der Waals surface area contributed by atoms with Crippen molar-refractivity contribution in [3.05, 3.63) is 168 Å². The SMILES string of the molecule is Oc1c(P(c2ccccc2)c2ccccc2)ccc2c1C1(CC2)CCc2ccc(P(c3ccccc3)c3ccccc3)c(O)c21. The molecule has 2 N–H and O–H groups in total. The Hall–Kier alpha value is -4.22. The Bertz CT molecular complexity index is 1750. The van der Waals surface area contributed by atoms with Crippen molar-refractivity contribution < 1.29 is 10.2 Å². The highest BCUT2D eigenvalue weighted by atomic mass is 31.1. The van der Waals surface area contributed by atoms with Crippen LogP contribution in [-0.2, 0) is 18.3 Å². The molecule has 0 saturated carbocycles. The fourth-order valence-corrected chi connectivity index (χ4v) is 12.4. The lowest BCUT2D eigenvalue weighted by molar-refractivity contribution is 0.420. The molecule has 0 saturated heterocycles. The van der Waals surface area contributed by atoms with E-state index in [0.717, 1.165) is 47.4 Å². The van der Waals surface area contributed by atoms with Gasteiger partial charge in [-0.2, -0.15) is 0 Å². The molecule has 2 nitrogen and oxygen atoms in total. The summed E-state index contributed by atoms with van der Waals surface area (Å²) in [5.74, 6) is 0.824. The minimum atomic E-state index is -0.966. The van der Waals surface area contributed by atoms with Crippen molar-refractivity contribution in [3.63, 3.8) is 0 Å². The summed E-state index contributed by atoms with van der Waals surface area (Å²) in [6.45, 7) is 0. The molecular formula is C41H34O2P2. The van der Waals surface area contributed by atoms with E-state index in [4.69, 9.17) is 0 Å². The first-order valence-electron chi connectivity index (χ1n) is 15.7. The molecule has 4 heteroatoms. The number of rotatable bonds is 6. The molecule has 2 aliphatic carbocycles. The van der Waals surface area contributed by atoms with E-state index in [9.17, 15) is 10.2 Å². The Morgan fingerprint density at radius 3 is 1.02 bits per heavy atom. The van der Waals surface area contributed by atoms with Crippen LogP contribution in [0.1, 0.15) is 35.1 Å². The number of phenolic OH excluding ortho intramolecular Hbond substituents is 2. The fraction of sp³-hybridized carbons (Fsp3) is 0.122. The lowest BCUT2D eigenvalue weighted by atomic mass is 9.76. The van der Waals surface area contributed by atoms with Crippen molar-refractivity contribution in [3.8, 4) is 11.5 Å². The third kappa shape index (κ3) is 4.71. The first-order valence-corrected chi connectivity index (χ1v) is 18.4. The van der Waals surface area contributed by atoms with E-state index in [1.165, 1.54) is 32.3 Å². The number of aryl methyl sites for hydroxylation is 2. The molecule has 45 heavy (non-hydrogen) atoms. The van der Waals surface area contributed by atoms with Gasteiger partial charge in [0.25, 0.3) is 0 Å². The molecule has 0 unspecified atom stereocenters. The number of fused-ring (bicyclic) bond motifs is 4. The van der Waals surface area contributed by atoms with Crippen molar-refractivity contribution in [2.24, 2.45) is 0 Å². The summed E-state index contributed by atoms with van der Waals surface area (Å²) in [6, 6.07) is 51.2. The Balaban J connectivity index is 1.31. The van der Waals surface area contributed by atoms with Gasteiger partial charge in [0.15, 0.2) is 0 Å². The molecule has 0 radical (unpaired) electrons. The predicted octanol–water partition coefficient (Wildman–Crippen LogP) is 6.79. The van der Waals surface area contributed by atoms with E-state index in [2.05, 4.69) is 146 Å². The molecule has 0 heterocycles. The highest BCUT2D eigenvalue weighted by Gasteiger charge is 2.49. The summed E-state index contributed by atoms with van der Waals surface area (Å²) >= 11 is 0. The van der Waals surface area contributed by atoms with Crippen LogP contribution in [-0.4, -0.2) is 10.2 Å². The van der Waals surface area contributed by atoms with Gasteiger partial charge in [-0.25, -0.2) is 0 Å². The second-order valence-corrected chi connectivity index (χ2v) is 16.4. The monoisotopic (exact) mass is 620 g/mol. The predicted molar refractivity (Wildman–Crippen MR) is 191 cm³/mol. The van der Waals surface area contributed by atoms with E-state index in [0.29, 0.717) is 11.5 Å². The van der Waals surface area contributed by atoms with Crippen molar-refractivity contribution >= 4 is 47.7 Å². The van der Waals surface area contributed by atoms with Crippen LogP contribution in [0.4, 0.5) is 0 Å². The fourth-order valence-electron chi connectivity index (χ4n) is 7.70. The standard InChI is InChI=1S/C41H34O2P2/c42-39-35(44(31-13-5-1-6-14-31)32-15-7-2-8-16-32)23-21-29-25-27-41(37(29)39)28-26-30-22-24-36(40(43)38(30)41)45(33-17-9-3-10-18-33)34-19-11-4-12-20-34/h1-24,42-43H,25-28H2. The van der Waals surface area contributed by atoms with Gasteiger partial charge in [-0.1, -0.05) is 133 Å². The largest absolute Gasteiger partial charge is 0.507 e. The van der Waals surface area contributed by atoms with Crippen LogP contribution in [0.15, 0.2) is 146 Å². The van der Waals surface area contributed by atoms with E-state index in [1.807, 2.05) is 0 Å². The minimum absolute atomic E-state index is 0.409. The van der Waals surface area contributed by atoms with Gasteiger partial charge in [0, 0.05) is 27.2 Å². The average Bonchev–Trinajstić information content (AvgIpc) is 3.67. The maximum absolute atomic E-state index is 12.4. The zero-order valence-electron chi connectivity index (χ0n) is 25.0. The molecule has 0 bridgehead atoms. The third-order valence-corrected chi connectivity index (χ3v) is 14.6. The van der Waals surface area contributed by atoms with Crippen molar-refractivity contribution in [1.29, 1.82) is 0 Å². The smallest absolute Gasteiger partial charge is 0.128 e. The van der Waals surface area contributed by atoms with Gasteiger partial charge < -0.3 is 10.2 Å². The number of hydrogen-bond acceptors (Lipinski definition) is 2. The van der Waals surface area contributed by atoms with Crippen LogP contribution in [0.3, 0.4) is 0 Å². The van der Waals surface area contributed by atoms with E-state index in [-0.39, 0.29) is 0 Å². The molecule has 0 aromatic heterocycles. The Kier molecular flexibility index (Phi) is 7.29. The van der Waals surface area contributed by atoms with Gasteiger partial charge in [-0.3, -0.25) is 0 Å². The molecule has 0 atom stereocenters. The molecular weight excluding hydrogens is 586 g/mol. The highest BCUT2D eigenvalue weighted by Crippen LogP contribution is 2.58. The van der Waals surface area contributed by atoms with Crippen LogP contribution in [0.25, 0.3) is 0 Å². The van der Waals surface area contributed by atoms with Gasteiger partial charge >= 0.3 is 0 Å². The molecule has 0 amide bonds. The van der Waals surface area contributed by atoms with E-state index < -0.39 is 21.3 Å². The molecule has 2 aliphatic rings. The van der Waals surface area contributed by atoms with E-state index in [1.54, 1.807) is 0 Å². The van der Waals surface area contributed by atoms with Crippen LogP contribution in [0, 0.1) is 0 Å². The lowest BCUT2D eigenvalue weighted by Crippen LogP contribution is -2.27. The lowest BCUT2D eigenvalue weighted by Gasteiger charge is -2.31. The van der Waals surface area contributed by atoms with Crippen LogP contribution in [0.2, 0.25) is 0 Å². The van der Waals surface area contributed by atoms with Crippen LogP contribution >= 0.6 is 15.8 Å². The average molecular weight is 621 g/mol.